The number of hydrogen-bond acceptors (Lipinski definition) is 7. The molecule has 1 aliphatic carbocycles. The van der Waals surface area contributed by atoms with Gasteiger partial charge in [0.25, 0.3) is 0 Å². The topological polar surface area (TPSA) is 83.5 Å². The number of carbonyl (C=O) groups excluding carboxylic acids is 1. The number of aliphatic hydroxyl groups excluding tert-OH is 1. The molecule has 2 saturated heterocycles. The summed E-state index contributed by atoms with van der Waals surface area (Å²) in [5, 5.41) is 12.8. The molecule has 0 bridgehead atoms. The highest BCUT2D eigenvalue weighted by atomic mass is 79.9. The third-order valence-electron chi connectivity index (χ3n) is 7.17. The number of halogens is 1. The van der Waals surface area contributed by atoms with Crippen LogP contribution in [0.1, 0.15) is 39.5 Å². The van der Waals surface area contributed by atoms with Crippen molar-refractivity contribution >= 4 is 22.3 Å². The third-order valence-corrected chi connectivity index (χ3v) is 7.86. The van der Waals surface area contributed by atoms with Crippen molar-refractivity contribution in [2.45, 2.75) is 68.9 Å². The van der Waals surface area contributed by atoms with E-state index in [0.717, 1.165) is 45.3 Å². The number of aliphatic hydroxyl groups is 1. The zero-order valence-electron chi connectivity index (χ0n) is 19.8. The van der Waals surface area contributed by atoms with Gasteiger partial charge in [0, 0.05) is 43.5 Å². The highest BCUT2D eigenvalue weighted by Gasteiger charge is 2.37. The second-order valence-corrected chi connectivity index (χ2v) is 11.3. The number of fused-ring (bicyclic) bond motifs is 1. The lowest BCUT2D eigenvalue weighted by molar-refractivity contribution is -0.123. The smallest absolute Gasteiger partial charge is 0.209 e. The van der Waals surface area contributed by atoms with Crippen molar-refractivity contribution in [3.05, 3.63) is 0 Å². The minimum atomic E-state index is -0.0274. The zero-order valence-corrected chi connectivity index (χ0v) is 21.4. The minimum Gasteiger partial charge on any atom is -0.395 e. The van der Waals surface area contributed by atoms with Gasteiger partial charge in [-0.3, -0.25) is 10.1 Å². The summed E-state index contributed by atoms with van der Waals surface area (Å²) in [6, 6.07) is 0. The average molecular weight is 521 g/mol. The predicted octanol–water partition coefficient (Wildman–Crippen LogP) is 1.65. The number of nitrogens with one attached hydrogen (secondary N) is 1. The normalized spacial score (nSPS) is 34.8. The van der Waals surface area contributed by atoms with Crippen LogP contribution in [-0.2, 0) is 19.0 Å². The molecule has 0 spiro atoms. The first-order valence-electron chi connectivity index (χ1n) is 12.1. The second-order valence-electron chi connectivity index (χ2n) is 10.0. The Hall–Kier alpha value is -0.290. The number of nitrogens with zero attached hydrogens (tertiary/aromatic N) is 2. The molecule has 2 N–H and O–H groups in total. The van der Waals surface area contributed by atoms with Crippen LogP contribution in [0.4, 0.5) is 0 Å². The SMILES string of the molecule is CC(CN(C=O)CCO)C(CN(C)CC1CCC2OCOC2C1)OC1NCC(Br)CC1C. The van der Waals surface area contributed by atoms with Gasteiger partial charge in [-0.25, -0.2) is 0 Å². The summed E-state index contributed by atoms with van der Waals surface area (Å²) in [5.74, 6) is 1.15. The quantitative estimate of drug-likeness (QED) is 0.299. The fourth-order valence-corrected chi connectivity index (χ4v) is 6.12. The van der Waals surface area contributed by atoms with Crippen LogP contribution >= 0.6 is 15.9 Å². The van der Waals surface area contributed by atoms with E-state index < -0.39 is 0 Å². The molecule has 2 aliphatic heterocycles. The zero-order chi connectivity index (χ0) is 23.1. The van der Waals surface area contributed by atoms with Crippen LogP contribution in [-0.4, -0.2) is 104 Å². The Bertz CT molecular complexity index is 574. The van der Waals surface area contributed by atoms with Crippen molar-refractivity contribution in [3.63, 3.8) is 0 Å². The summed E-state index contributed by atoms with van der Waals surface area (Å²) >= 11 is 3.71. The van der Waals surface area contributed by atoms with Gasteiger partial charge in [-0.1, -0.05) is 29.8 Å². The van der Waals surface area contributed by atoms with Gasteiger partial charge in [-0.05, 0) is 44.6 Å². The van der Waals surface area contributed by atoms with Crippen LogP contribution in [0.2, 0.25) is 0 Å². The Morgan fingerprint density at radius 3 is 2.75 bits per heavy atom. The molecule has 9 heteroatoms. The van der Waals surface area contributed by atoms with Crippen molar-refractivity contribution in [2.24, 2.45) is 17.8 Å². The standard InChI is InChI=1S/C23H42BrN3O5/c1-16-8-19(24)10-25-23(16)32-22(17(2)11-27(14-29)6-7-28)13-26(3)12-18-4-5-20-21(9-18)31-15-30-20/h14,16-23,25,28H,4-13,15H2,1-3H3. The average Bonchev–Trinajstić information content (AvgIpc) is 3.22. The van der Waals surface area contributed by atoms with Crippen LogP contribution in [0.5, 0.6) is 0 Å². The maximum Gasteiger partial charge on any atom is 0.209 e. The van der Waals surface area contributed by atoms with Gasteiger partial charge in [-0.15, -0.1) is 0 Å². The van der Waals surface area contributed by atoms with Gasteiger partial charge in [0.2, 0.25) is 6.41 Å². The molecule has 0 aromatic carbocycles. The predicted molar refractivity (Wildman–Crippen MR) is 126 cm³/mol. The van der Waals surface area contributed by atoms with Crippen molar-refractivity contribution in [1.82, 2.24) is 15.1 Å². The molecular weight excluding hydrogens is 478 g/mol. The van der Waals surface area contributed by atoms with Crippen molar-refractivity contribution in [2.75, 3.05) is 53.2 Å². The van der Waals surface area contributed by atoms with Crippen molar-refractivity contribution < 1.29 is 24.1 Å². The summed E-state index contributed by atoms with van der Waals surface area (Å²) < 4.78 is 18.1. The van der Waals surface area contributed by atoms with E-state index in [-0.39, 0.29) is 37.1 Å². The van der Waals surface area contributed by atoms with Gasteiger partial charge in [-0.2, -0.15) is 0 Å². The van der Waals surface area contributed by atoms with E-state index in [1.807, 2.05) is 0 Å². The Morgan fingerprint density at radius 1 is 1.25 bits per heavy atom. The van der Waals surface area contributed by atoms with Gasteiger partial charge < -0.3 is 29.1 Å². The highest BCUT2D eigenvalue weighted by Crippen LogP contribution is 2.32. The molecule has 3 aliphatic rings. The fraction of sp³-hybridized carbons (Fsp3) is 0.957. The Morgan fingerprint density at radius 2 is 2.03 bits per heavy atom. The monoisotopic (exact) mass is 519 g/mol. The van der Waals surface area contributed by atoms with Crippen LogP contribution in [0.25, 0.3) is 0 Å². The van der Waals surface area contributed by atoms with E-state index in [0.29, 0.717) is 36.5 Å². The number of alkyl halides is 1. The van der Waals surface area contributed by atoms with Crippen LogP contribution < -0.4 is 5.32 Å². The van der Waals surface area contributed by atoms with E-state index in [1.165, 1.54) is 6.42 Å². The van der Waals surface area contributed by atoms with Crippen LogP contribution in [0.3, 0.4) is 0 Å². The van der Waals surface area contributed by atoms with Crippen LogP contribution in [0, 0.1) is 17.8 Å². The number of ether oxygens (including phenoxy) is 3. The molecule has 186 valence electrons. The van der Waals surface area contributed by atoms with Gasteiger partial charge in [0.15, 0.2) is 0 Å². The summed E-state index contributed by atoms with van der Waals surface area (Å²) in [6.45, 7) is 8.40. The molecule has 0 radical (unpaired) electrons. The number of likely N-dealkylation sites (N-methyl/N-ethyl adjacent to an activating group) is 1. The molecular formula is C23H42BrN3O5. The Kier molecular flexibility index (Phi) is 10.7. The first-order valence-corrected chi connectivity index (χ1v) is 13.1. The molecule has 8 unspecified atom stereocenters. The van der Waals surface area contributed by atoms with Crippen molar-refractivity contribution in [1.29, 1.82) is 0 Å². The molecule has 3 rings (SSSR count). The molecule has 1 amide bonds. The molecule has 0 aromatic heterocycles. The molecule has 8 atom stereocenters. The number of piperidine rings is 1. The first-order chi connectivity index (χ1) is 15.4. The number of rotatable bonds is 12. The molecule has 1 saturated carbocycles. The molecule has 2 heterocycles. The lowest BCUT2D eigenvalue weighted by Crippen LogP contribution is -2.51. The van der Waals surface area contributed by atoms with E-state index in [1.54, 1.807) is 4.90 Å². The second kappa shape index (κ2) is 13.0. The lowest BCUT2D eigenvalue weighted by Gasteiger charge is -2.39. The van der Waals surface area contributed by atoms with Gasteiger partial charge in [0.05, 0.1) is 24.9 Å². The minimum absolute atomic E-state index is 0.00616. The summed E-state index contributed by atoms with van der Waals surface area (Å²) in [5.41, 5.74) is 0. The number of carbonyl (C=O) groups is 1. The molecule has 0 aromatic rings. The van der Waals surface area contributed by atoms with Crippen molar-refractivity contribution in [3.8, 4) is 0 Å². The Labute approximate surface area is 201 Å². The van der Waals surface area contributed by atoms with Crippen LogP contribution in [0.15, 0.2) is 0 Å². The maximum absolute atomic E-state index is 11.4. The first kappa shape index (κ1) is 26.3. The fourth-order valence-electron chi connectivity index (χ4n) is 5.34. The summed E-state index contributed by atoms with van der Waals surface area (Å²) in [6.07, 6.45) is 5.72. The third kappa shape index (κ3) is 7.61. The number of hydrogen-bond donors (Lipinski definition) is 2. The lowest BCUT2D eigenvalue weighted by atomic mass is 9.85. The molecule has 32 heavy (non-hydrogen) atoms. The highest BCUT2D eigenvalue weighted by molar-refractivity contribution is 9.09. The largest absolute Gasteiger partial charge is 0.395 e. The van der Waals surface area contributed by atoms with Gasteiger partial charge in [0.1, 0.15) is 13.0 Å². The van der Waals surface area contributed by atoms with E-state index in [4.69, 9.17) is 14.2 Å². The van der Waals surface area contributed by atoms with E-state index in [9.17, 15) is 9.90 Å². The number of amides is 1. The summed E-state index contributed by atoms with van der Waals surface area (Å²) in [7, 11) is 2.17. The van der Waals surface area contributed by atoms with E-state index >= 15 is 0 Å². The van der Waals surface area contributed by atoms with E-state index in [2.05, 4.69) is 47.0 Å². The maximum atomic E-state index is 11.4. The molecule has 3 fully saturated rings. The van der Waals surface area contributed by atoms with Gasteiger partial charge >= 0.3 is 0 Å². The summed E-state index contributed by atoms with van der Waals surface area (Å²) in [4.78, 5) is 15.9. The Balaban J connectivity index is 1.58. The molecule has 8 nitrogen and oxygen atoms in total.